The van der Waals surface area contributed by atoms with Gasteiger partial charge in [-0.1, -0.05) is 6.92 Å². The van der Waals surface area contributed by atoms with Crippen molar-refractivity contribution in [2.45, 2.75) is 60.0 Å². The zero-order chi connectivity index (χ0) is 12.3. The lowest BCUT2D eigenvalue weighted by Gasteiger charge is -2.23. The van der Waals surface area contributed by atoms with Gasteiger partial charge in [0.25, 0.3) is 0 Å². The summed E-state index contributed by atoms with van der Waals surface area (Å²) in [6.07, 6.45) is 1.17. The Kier molecular flexibility index (Phi) is 4.54. The van der Waals surface area contributed by atoms with Gasteiger partial charge >= 0.3 is 0 Å². The van der Waals surface area contributed by atoms with Gasteiger partial charge in [0.15, 0.2) is 0 Å². The highest BCUT2D eigenvalue weighted by Gasteiger charge is 2.17. The Balaban J connectivity index is 2.79. The van der Waals surface area contributed by atoms with E-state index >= 15 is 0 Å². The molecule has 1 aromatic rings. The average Bonchev–Trinajstić information content (AvgIpc) is 2.52. The van der Waals surface area contributed by atoms with Crippen LogP contribution in [0.3, 0.4) is 0 Å². The monoisotopic (exact) mass is 223 g/mol. The molecule has 1 aromatic heterocycles. The number of hydrogen-bond donors (Lipinski definition) is 1. The largest absolute Gasteiger partial charge is 0.312 e. The van der Waals surface area contributed by atoms with Crippen LogP contribution >= 0.6 is 0 Å². The Morgan fingerprint density at radius 1 is 1.25 bits per heavy atom. The zero-order valence-electron chi connectivity index (χ0n) is 11.5. The fourth-order valence-electron chi connectivity index (χ4n) is 1.90. The first kappa shape index (κ1) is 13.2. The van der Waals surface area contributed by atoms with E-state index in [2.05, 4.69) is 56.6 Å². The third kappa shape index (κ3) is 2.64. The molecule has 0 aliphatic rings. The van der Waals surface area contributed by atoms with Crippen molar-refractivity contribution in [2.24, 2.45) is 0 Å². The average molecular weight is 223 g/mol. The molecule has 0 spiro atoms. The smallest absolute Gasteiger partial charge is 0.0644 e. The second-order valence-corrected chi connectivity index (χ2v) is 4.72. The molecule has 1 N–H and O–H groups in total. The number of hydrogen-bond acceptors (Lipinski definition) is 2. The van der Waals surface area contributed by atoms with Crippen molar-refractivity contribution in [2.75, 3.05) is 6.54 Å². The highest BCUT2D eigenvalue weighted by Crippen LogP contribution is 2.18. The van der Waals surface area contributed by atoms with Crippen molar-refractivity contribution in [1.82, 2.24) is 15.1 Å². The molecule has 3 heteroatoms. The molecule has 92 valence electrons. The van der Waals surface area contributed by atoms with Crippen molar-refractivity contribution in [3.05, 3.63) is 17.0 Å². The molecule has 0 amide bonds. The van der Waals surface area contributed by atoms with Crippen molar-refractivity contribution >= 4 is 0 Å². The molecule has 0 aliphatic heterocycles. The lowest BCUT2D eigenvalue weighted by Crippen LogP contribution is -2.35. The summed E-state index contributed by atoms with van der Waals surface area (Å²) in [4.78, 5) is 0. The summed E-state index contributed by atoms with van der Waals surface area (Å²) in [6, 6.07) is 0.858. The first-order valence-electron chi connectivity index (χ1n) is 6.24. The zero-order valence-corrected chi connectivity index (χ0v) is 11.5. The number of aryl methyl sites for hydroxylation is 1. The van der Waals surface area contributed by atoms with Crippen molar-refractivity contribution in [1.29, 1.82) is 0 Å². The van der Waals surface area contributed by atoms with Crippen molar-refractivity contribution in [3.63, 3.8) is 0 Å². The van der Waals surface area contributed by atoms with Gasteiger partial charge in [0, 0.05) is 11.7 Å². The van der Waals surface area contributed by atoms with Crippen LogP contribution in [0.2, 0.25) is 0 Å². The van der Waals surface area contributed by atoms with Crippen LogP contribution in [0.5, 0.6) is 0 Å². The number of nitrogens with one attached hydrogen (secondary N) is 1. The van der Waals surface area contributed by atoms with E-state index in [1.165, 1.54) is 17.7 Å². The third-order valence-electron chi connectivity index (χ3n) is 3.51. The van der Waals surface area contributed by atoms with Gasteiger partial charge < -0.3 is 5.32 Å². The summed E-state index contributed by atoms with van der Waals surface area (Å²) in [5.74, 6) is 0. The van der Waals surface area contributed by atoms with Crippen LogP contribution in [-0.2, 0) is 0 Å². The van der Waals surface area contributed by atoms with Crippen LogP contribution in [0.4, 0.5) is 0 Å². The summed E-state index contributed by atoms with van der Waals surface area (Å²) in [5, 5.41) is 8.14. The Hall–Kier alpha value is -0.830. The lowest BCUT2D eigenvalue weighted by atomic mass is 10.1. The van der Waals surface area contributed by atoms with Gasteiger partial charge in [0.1, 0.15) is 0 Å². The van der Waals surface area contributed by atoms with Gasteiger partial charge in [-0.15, -0.1) is 0 Å². The Labute approximate surface area is 99.2 Å². The summed E-state index contributed by atoms with van der Waals surface area (Å²) in [6.45, 7) is 14.1. The minimum absolute atomic E-state index is 0.402. The number of nitrogens with zero attached hydrogens (tertiary/aromatic N) is 2. The van der Waals surface area contributed by atoms with E-state index in [1.807, 2.05) is 0 Å². The summed E-state index contributed by atoms with van der Waals surface area (Å²) in [7, 11) is 0. The number of rotatable bonds is 5. The second-order valence-electron chi connectivity index (χ2n) is 4.72. The maximum Gasteiger partial charge on any atom is 0.0644 e. The SMILES string of the molecule is CCCNC(C)C(C)n1nc(C)c(C)c1C. The molecule has 16 heavy (non-hydrogen) atoms. The normalized spacial score (nSPS) is 15.1. The van der Waals surface area contributed by atoms with E-state index in [0.29, 0.717) is 12.1 Å². The third-order valence-corrected chi connectivity index (χ3v) is 3.51. The van der Waals surface area contributed by atoms with Crippen molar-refractivity contribution < 1.29 is 0 Å². The summed E-state index contributed by atoms with van der Waals surface area (Å²) in [5.41, 5.74) is 3.75. The van der Waals surface area contributed by atoms with Gasteiger partial charge in [0.2, 0.25) is 0 Å². The minimum atomic E-state index is 0.402. The van der Waals surface area contributed by atoms with E-state index in [1.54, 1.807) is 0 Å². The van der Waals surface area contributed by atoms with E-state index < -0.39 is 0 Å². The minimum Gasteiger partial charge on any atom is -0.312 e. The predicted octanol–water partition coefficient (Wildman–Crippen LogP) is 2.76. The van der Waals surface area contributed by atoms with Gasteiger partial charge in [-0.05, 0) is 53.1 Å². The van der Waals surface area contributed by atoms with Gasteiger partial charge in [-0.3, -0.25) is 4.68 Å². The highest BCUT2D eigenvalue weighted by molar-refractivity contribution is 5.22. The highest BCUT2D eigenvalue weighted by atomic mass is 15.3. The first-order chi connectivity index (χ1) is 7.49. The summed E-state index contributed by atoms with van der Waals surface area (Å²) < 4.78 is 2.15. The molecule has 0 fully saturated rings. The molecule has 0 aromatic carbocycles. The van der Waals surface area contributed by atoms with Gasteiger partial charge in [-0.25, -0.2) is 0 Å². The van der Waals surface area contributed by atoms with Gasteiger partial charge in [0.05, 0.1) is 11.7 Å². The van der Waals surface area contributed by atoms with Crippen LogP contribution in [0.25, 0.3) is 0 Å². The summed E-state index contributed by atoms with van der Waals surface area (Å²) >= 11 is 0. The standard InChI is InChI=1S/C13H25N3/c1-7-8-14-11(4)13(6)16-12(5)9(2)10(3)15-16/h11,13-14H,7-8H2,1-6H3. The molecule has 0 saturated heterocycles. The molecule has 2 atom stereocenters. The van der Waals surface area contributed by atoms with E-state index in [4.69, 9.17) is 0 Å². The Morgan fingerprint density at radius 2 is 1.88 bits per heavy atom. The number of aromatic nitrogens is 2. The lowest BCUT2D eigenvalue weighted by molar-refractivity contribution is 0.360. The quantitative estimate of drug-likeness (QED) is 0.832. The fraction of sp³-hybridized carbons (Fsp3) is 0.769. The molecule has 0 saturated carbocycles. The topological polar surface area (TPSA) is 29.9 Å². The molecule has 1 rings (SSSR count). The fourth-order valence-corrected chi connectivity index (χ4v) is 1.90. The molecule has 0 aliphatic carbocycles. The van der Waals surface area contributed by atoms with Crippen LogP contribution in [-0.4, -0.2) is 22.4 Å². The second kappa shape index (κ2) is 5.48. The van der Waals surface area contributed by atoms with E-state index in [9.17, 15) is 0 Å². The maximum absolute atomic E-state index is 4.62. The molecule has 2 unspecified atom stereocenters. The Bertz CT molecular complexity index is 341. The molecule has 3 nitrogen and oxygen atoms in total. The maximum atomic E-state index is 4.62. The van der Waals surface area contributed by atoms with Gasteiger partial charge in [-0.2, -0.15) is 5.10 Å². The Morgan fingerprint density at radius 3 is 2.31 bits per heavy atom. The predicted molar refractivity (Wildman–Crippen MR) is 68.9 cm³/mol. The molecule has 0 radical (unpaired) electrons. The van der Waals surface area contributed by atoms with Crippen LogP contribution in [0.1, 0.15) is 50.2 Å². The molecule has 0 bridgehead atoms. The molecular formula is C13H25N3. The first-order valence-corrected chi connectivity index (χ1v) is 6.24. The van der Waals surface area contributed by atoms with Crippen LogP contribution in [0, 0.1) is 20.8 Å². The molecular weight excluding hydrogens is 198 g/mol. The molecule has 1 heterocycles. The van der Waals surface area contributed by atoms with Crippen LogP contribution in [0.15, 0.2) is 0 Å². The van der Waals surface area contributed by atoms with E-state index in [-0.39, 0.29) is 0 Å². The van der Waals surface area contributed by atoms with Crippen LogP contribution < -0.4 is 5.32 Å². The van der Waals surface area contributed by atoms with Crippen molar-refractivity contribution in [3.8, 4) is 0 Å². The van der Waals surface area contributed by atoms with E-state index in [0.717, 1.165) is 12.2 Å².